The fraction of sp³-hybridized carbons (Fsp3) is 0.300. The smallest absolute Gasteiger partial charge is 0.213 e. The molecule has 0 fully saturated rings. The largest absolute Gasteiger partial charge is 0.481 e. The molecule has 13 heavy (non-hydrogen) atoms. The fourth-order valence-electron chi connectivity index (χ4n) is 0.951. The molecule has 1 heterocycles. The Bertz CT molecular complexity index is 304. The first-order valence-corrected chi connectivity index (χ1v) is 4.00. The van der Waals surface area contributed by atoms with Crippen LogP contribution in [0.5, 0.6) is 5.88 Å². The van der Waals surface area contributed by atoms with Crippen molar-refractivity contribution in [1.82, 2.24) is 10.3 Å². The second-order valence-electron chi connectivity index (χ2n) is 2.51. The lowest BCUT2D eigenvalue weighted by Gasteiger charge is -2.02. The van der Waals surface area contributed by atoms with Gasteiger partial charge in [-0.05, 0) is 11.6 Å². The van der Waals surface area contributed by atoms with Crippen LogP contribution in [0.15, 0.2) is 18.3 Å². The van der Waals surface area contributed by atoms with Gasteiger partial charge in [-0.1, -0.05) is 5.92 Å². The van der Waals surface area contributed by atoms with Crippen LogP contribution in [0.1, 0.15) is 5.56 Å². The lowest BCUT2D eigenvalue weighted by atomic mass is 10.2. The van der Waals surface area contributed by atoms with Crippen molar-refractivity contribution >= 4 is 0 Å². The molecule has 0 aliphatic heterocycles. The zero-order chi connectivity index (χ0) is 9.52. The van der Waals surface area contributed by atoms with Crippen molar-refractivity contribution in [2.75, 3.05) is 13.7 Å². The number of methoxy groups -OCH3 is 1. The van der Waals surface area contributed by atoms with Gasteiger partial charge in [-0.2, -0.15) is 0 Å². The lowest BCUT2D eigenvalue weighted by Crippen LogP contribution is -2.12. The minimum atomic E-state index is 0.574. The molecule has 0 unspecified atom stereocenters. The first-order valence-electron chi connectivity index (χ1n) is 4.00. The summed E-state index contributed by atoms with van der Waals surface area (Å²) in [5, 5.41) is 3.08. The molecule has 0 aromatic carbocycles. The summed E-state index contributed by atoms with van der Waals surface area (Å²) in [6.45, 7) is 1.31. The second kappa shape index (κ2) is 5.18. The van der Waals surface area contributed by atoms with Crippen molar-refractivity contribution in [1.29, 1.82) is 0 Å². The monoisotopic (exact) mass is 176 g/mol. The van der Waals surface area contributed by atoms with Crippen LogP contribution in [-0.4, -0.2) is 18.6 Å². The van der Waals surface area contributed by atoms with E-state index in [0.29, 0.717) is 12.4 Å². The van der Waals surface area contributed by atoms with Gasteiger partial charge < -0.3 is 10.1 Å². The fourth-order valence-corrected chi connectivity index (χ4v) is 0.951. The van der Waals surface area contributed by atoms with Gasteiger partial charge in [0, 0.05) is 18.8 Å². The molecular formula is C10H12N2O. The van der Waals surface area contributed by atoms with E-state index in [9.17, 15) is 0 Å². The molecule has 1 aromatic heterocycles. The third-order valence-electron chi connectivity index (χ3n) is 1.56. The van der Waals surface area contributed by atoms with Gasteiger partial charge in [0.1, 0.15) is 0 Å². The summed E-state index contributed by atoms with van der Waals surface area (Å²) in [5.41, 5.74) is 1.11. The summed E-state index contributed by atoms with van der Waals surface area (Å²) in [4.78, 5) is 4.00. The lowest BCUT2D eigenvalue weighted by molar-refractivity contribution is 0.397. The van der Waals surface area contributed by atoms with E-state index in [-0.39, 0.29) is 0 Å². The molecule has 0 aliphatic carbocycles. The Kier molecular flexibility index (Phi) is 3.80. The molecule has 0 spiro atoms. The van der Waals surface area contributed by atoms with Gasteiger partial charge in [-0.25, -0.2) is 4.98 Å². The van der Waals surface area contributed by atoms with Crippen molar-refractivity contribution < 1.29 is 4.74 Å². The van der Waals surface area contributed by atoms with Crippen LogP contribution in [0.3, 0.4) is 0 Å². The summed E-state index contributed by atoms with van der Waals surface area (Å²) >= 11 is 0. The van der Waals surface area contributed by atoms with Crippen LogP contribution in [0, 0.1) is 12.3 Å². The highest BCUT2D eigenvalue weighted by atomic mass is 16.5. The van der Waals surface area contributed by atoms with Crippen molar-refractivity contribution in [2.45, 2.75) is 6.54 Å². The first-order chi connectivity index (χ1) is 6.36. The van der Waals surface area contributed by atoms with Crippen molar-refractivity contribution in [3.8, 4) is 18.2 Å². The molecule has 0 amide bonds. The SMILES string of the molecule is C#CCNCc1ccnc(OC)c1. The van der Waals surface area contributed by atoms with Crippen molar-refractivity contribution in [2.24, 2.45) is 0 Å². The van der Waals surface area contributed by atoms with Gasteiger partial charge in [0.15, 0.2) is 0 Å². The molecule has 1 N–H and O–H groups in total. The molecule has 1 aromatic rings. The number of hydrogen-bond donors (Lipinski definition) is 1. The van der Waals surface area contributed by atoms with E-state index < -0.39 is 0 Å². The summed E-state index contributed by atoms with van der Waals surface area (Å²) in [7, 11) is 1.60. The van der Waals surface area contributed by atoms with Crippen LogP contribution >= 0.6 is 0 Å². The Morgan fingerprint density at radius 3 is 3.23 bits per heavy atom. The Morgan fingerprint density at radius 1 is 1.69 bits per heavy atom. The van der Waals surface area contributed by atoms with E-state index in [1.807, 2.05) is 12.1 Å². The molecule has 1 rings (SSSR count). The number of rotatable bonds is 4. The van der Waals surface area contributed by atoms with E-state index in [1.165, 1.54) is 0 Å². The van der Waals surface area contributed by atoms with E-state index in [4.69, 9.17) is 11.2 Å². The van der Waals surface area contributed by atoms with Crippen molar-refractivity contribution in [3.05, 3.63) is 23.9 Å². The molecule has 3 heteroatoms. The van der Waals surface area contributed by atoms with Gasteiger partial charge >= 0.3 is 0 Å². The predicted octanol–water partition coefficient (Wildman–Crippen LogP) is 0.813. The number of hydrogen-bond acceptors (Lipinski definition) is 3. The molecule has 0 saturated heterocycles. The highest BCUT2D eigenvalue weighted by molar-refractivity contribution is 5.20. The third kappa shape index (κ3) is 3.14. The highest BCUT2D eigenvalue weighted by Gasteiger charge is 1.95. The van der Waals surface area contributed by atoms with Crippen LogP contribution in [-0.2, 0) is 6.54 Å². The van der Waals surface area contributed by atoms with E-state index in [0.717, 1.165) is 12.1 Å². The maximum Gasteiger partial charge on any atom is 0.213 e. The number of nitrogens with one attached hydrogen (secondary N) is 1. The first kappa shape index (κ1) is 9.56. The number of nitrogens with zero attached hydrogens (tertiary/aromatic N) is 1. The van der Waals surface area contributed by atoms with Crippen molar-refractivity contribution in [3.63, 3.8) is 0 Å². The van der Waals surface area contributed by atoms with Crippen LogP contribution in [0.4, 0.5) is 0 Å². The standard InChI is InChI=1S/C10H12N2O/c1-3-5-11-8-9-4-6-12-10(7-9)13-2/h1,4,6-7,11H,5,8H2,2H3. The molecular weight excluding hydrogens is 164 g/mol. The average Bonchev–Trinajstić information content (AvgIpc) is 2.19. The minimum Gasteiger partial charge on any atom is -0.481 e. The number of pyridine rings is 1. The summed E-state index contributed by atoms with van der Waals surface area (Å²) < 4.78 is 4.98. The van der Waals surface area contributed by atoms with Gasteiger partial charge in [-0.3, -0.25) is 0 Å². The van der Waals surface area contributed by atoms with Crippen LogP contribution in [0.2, 0.25) is 0 Å². The quantitative estimate of drug-likeness (QED) is 0.544. The van der Waals surface area contributed by atoms with Gasteiger partial charge in [-0.15, -0.1) is 6.42 Å². The molecule has 0 aliphatic rings. The molecule has 68 valence electrons. The zero-order valence-electron chi connectivity index (χ0n) is 7.58. The van der Waals surface area contributed by atoms with E-state index in [2.05, 4.69) is 16.2 Å². The van der Waals surface area contributed by atoms with Gasteiger partial charge in [0.2, 0.25) is 5.88 Å². The minimum absolute atomic E-state index is 0.574. The Hall–Kier alpha value is -1.53. The molecule has 0 bridgehead atoms. The summed E-state index contributed by atoms with van der Waals surface area (Å²) in [6.07, 6.45) is 6.81. The maximum absolute atomic E-state index is 5.10. The molecule has 0 atom stereocenters. The predicted molar refractivity (Wildman–Crippen MR) is 51.3 cm³/mol. The number of terminal acetylenes is 1. The Morgan fingerprint density at radius 2 is 2.54 bits per heavy atom. The average molecular weight is 176 g/mol. The summed E-state index contributed by atoms with van der Waals surface area (Å²) in [6, 6.07) is 3.80. The van der Waals surface area contributed by atoms with Crippen LogP contribution < -0.4 is 10.1 Å². The molecule has 0 radical (unpaired) electrons. The van der Waals surface area contributed by atoms with Crippen LogP contribution in [0.25, 0.3) is 0 Å². The Balaban J connectivity index is 2.52. The third-order valence-corrected chi connectivity index (χ3v) is 1.56. The topological polar surface area (TPSA) is 34.2 Å². The summed E-state index contributed by atoms with van der Waals surface area (Å²) in [5.74, 6) is 3.13. The van der Waals surface area contributed by atoms with Gasteiger partial charge in [0.25, 0.3) is 0 Å². The Labute approximate surface area is 78.1 Å². The highest BCUT2D eigenvalue weighted by Crippen LogP contribution is 2.07. The second-order valence-corrected chi connectivity index (χ2v) is 2.51. The maximum atomic E-state index is 5.10. The molecule has 0 saturated carbocycles. The van der Waals surface area contributed by atoms with E-state index in [1.54, 1.807) is 13.3 Å². The number of aromatic nitrogens is 1. The van der Waals surface area contributed by atoms with Gasteiger partial charge in [0.05, 0.1) is 13.7 Å². The normalized spacial score (nSPS) is 9.23. The zero-order valence-corrected chi connectivity index (χ0v) is 7.58. The molecule has 3 nitrogen and oxygen atoms in total. The van der Waals surface area contributed by atoms with E-state index >= 15 is 0 Å². The number of ether oxygens (including phenoxy) is 1.